The summed E-state index contributed by atoms with van der Waals surface area (Å²) in [7, 11) is 0. The Hall–Kier alpha value is -2.76. The van der Waals surface area contributed by atoms with Gasteiger partial charge in [0.05, 0.1) is 16.3 Å². The molecular formula is C19H14Cl2N2O3. The second-order valence-electron chi connectivity index (χ2n) is 5.24. The van der Waals surface area contributed by atoms with E-state index in [0.29, 0.717) is 21.4 Å². The third-order valence-corrected chi connectivity index (χ3v) is 4.07. The molecule has 1 N–H and O–H groups in total. The van der Waals surface area contributed by atoms with Gasteiger partial charge in [0.1, 0.15) is 18.1 Å². The average molecular weight is 389 g/mol. The molecule has 0 aliphatic carbocycles. The SMILES string of the molecule is O=C(N/N=C\c1ccc(Cl)c(Cl)c1)c1ccc(COc2ccccc2)o1. The molecule has 0 spiro atoms. The van der Waals surface area contributed by atoms with Crippen LogP contribution in [0.3, 0.4) is 0 Å². The van der Waals surface area contributed by atoms with Gasteiger partial charge in [0.15, 0.2) is 5.76 Å². The van der Waals surface area contributed by atoms with Crippen LogP contribution in [-0.4, -0.2) is 12.1 Å². The molecule has 0 unspecified atom stereocenters. The van der Waals surface area contributed by atoms with Gasteiger partial charge in [-0.05, 0) is 42.0 Å². The Bertz CT molecular complexity index is 924. The Morgan fingerprint density at radius 2 is 1.88 bits per heavy atom. The third-order valence-electron chi connectivity index (χ3n) is 3.33. The van der Waals surface area contributed by atoms with E-state index in [4.69, 9.17) is 32.4 Å². The Labute approximate surface area is 160 Å². The van der Waals surface area contributed by atoms with Crippen molar-refractivity contribution >= 4 is 35.3 Å². The van der Waals surface area contributed by atoms with Gasteiger partial charge >= 0.3 is 5.91 Å². The topological polar surface area (TPSA) is 63.8 Å². The van der Waals surface area contributed by atoms with Gasteiger partial charge < -0.3 is 9.15 Å². The lowest BCUT2D eigenvalue weighted by Crippen LogP contribution is -2.16. The number of halogens is 2. The highest BCUT2D eigenvalue weighted by Gasteiger charge is 2.10. The van der Waals surface area contributed by atoms with Gasteiger partial charge in [-0.3, -0.25) is 4.79 Å². The standard InChI is InChI=1S/C19H14Cl2N2O3/c20-16-8-6-13(10-17(16)21)11-22-23-19(24)18-9-7-15(26-18)12-25-14-4-2-1-3-5-14/h1-11H,12H2,(H,23,24)/b22-11-. The molecule has 5 nitrogen and oxygen atoms in total. The van der Waals surface area contributed by atoms with E-state index in [2.05, 4.69) is 10.5 Å². The minimum absolute atomic E-state index is 0.142. The second-order valence-corrected chi connectivity index (χ2v) is 6.05. The van der Waals surface area contributed by atoms with E-state index < -0.39 is 5.91 Å². The van der Waals surface area contributed by atoms with Crippen molar-refractivity contribution in [3.63, 3.8) is 0 Å². The van der Waals surface area contributed by atoms with Crippen molar-refractivity contribution in [1.29, 1.82) is 0 Å². The minimum Gasteiger partial charge on any atom is -0.486 e. The van der Waals surface area contributed by atoms with Gasteiger partial charge in [0.25, 0.3) is 0 Å². The molecule has 0 aliphatic rings. The normalized spacial score (nSPS) is 10.8. The molecule has 0 aliphatic heterocycles. The molecule has 1 heterocycles. The molecule has 7 heteroatoms. The number of rotatable bonds is 6. The molecule has 0 radical (unpaired) electrons. The number of nitrogens with zero attached hydrogens (tertiary/aromatic N) is 1. The lowest BCUT2D eigenvalue weighted by molar-refractivity contribution is 0.0923. The minimum atomic E-state index is -0.465. The lowest BCUT2D eigenvalue weighted by Gasteiger charge is -2.03. The van der Waals surface area contributed by atoms with Crippen LogP contribution in [0.1, 0.15) is 21.9 Å². The van der Waals surface area contributed by atoms with Gasteiger partial charge in [-0.25, -0.2) is 5.43 Å². The van der Waals surface area contributed by atoms with Crippen molar-refractivity contribution in [3.8, 4) is 5.75 Å². The number of para-hydroxylation sites is 1. The van der Waals surface area contributed by atoms with E-state index in [-0.39, 0.29) is 12.4 Å². The van der Waals surface area contributed by atoms with Crippen LogP contribution < -0.4 is 10.2 Å². The van der Waals surface area contributed by atoms with Crippen LogP contribution in [0.2, 0.25) is 10.0 Å². The summed E-state index contributed by atoms with van der Waals surface area (Å²) < 4.78 is 11.0. The van der Waals surface area contributed by atoms with Gasteiger partial charge in [-0.1, -0.05) is 47.5 Å². The van der Waals surface area contributed by atoms with Crippen molar-refractivity contribution in [2.75, 3.05) is 0 Å². The largest absolute Gasteiger partial charge is 0.486 e. The smallest absolute Gasteiger partial charge is 0.307 e. The highest BCUT2D eigenvalue weighted by atomic mass is 35.5. The summed E-state index contributed by atoms with van der Waals surface area (Å²) in [6, 6.07) is 17.6. The number of ether oxygens (including phenoxy) is 1. The van der Waals surface area contributed by atoms with Crippen molar-refractivity contribution in [1.82, 2.24) is 5.43 Å². The van der Waals surface area contributed by atoms with E-state index in [1.54, 1.807) is 30.3 Å². The first kappa shape index (κ1) is 18.0. The number of hydrogen-bond donors (Lipinski definition) is 1. The van der Waals surface area contributed by atoms with Gasteiger partial charge in [-0.2, -0.15) is 5.10 Å². The van der Waals surface area contributed by atoms with E-state index in [1.165, 1.54) is 6.21 Å². The second kappa shape index (κ2) is 8.56. The zero-order valence-electron chi connectivity index (χ0n) is 13.5. The maximum absolute atomic E-state index is 12.0. The fraction of sp³-hybridized carbons (Fsp3) is 0.0526. The molecule has 132 valence electrons. The fourth-order valence-electron chi connectivity index (χ4n) is 2.06. The highest BCUT2D eigenvalue weighted by molar-refractivity contribution is 6.42. The van der Waals surface area contributed by atoms with Crippen molar-refractivity contribution in [2.24, 2.45) is 5.10 Å². The van der Waals surface area contributed by atoms with Crippen LogP contribution in [0.4, 0.5) is 0 Å². The van der Waals surface area contributed by atoms with Crippen LogP contribution in [0.15, 0.2) is 70.2 Å². The average Bonchev–Trinajstić information content (AvgIpc) is 3.13. The van der Waals surface area contributed by atoms with E-state index in [0.717, 1.165) is 5.75 Å². The molecule has 26 heavy (non-hydrogen) atoms. The molecule has 0 saturated heterocycles. The third kappa shape index (κ3) is 4.88. The van der Waals surface area contributed by atoms with E-state index in [1.807, 2.05) is 30.3 Å². The summed E-state index contributed by atoms with van der Waals surface area (Å²) in [6.07, 6.45) is 1.46. The quantitative estimate of drug-likeness (QED) is 0.480. The molecule has 1 aromatic heterocycles. The first-order valence-electron chi connectivity index (χ1n) is 7.67. The Morgan fingerprint density at radius 3 is 2.65 bits per heavy atom. The molecule has 0 bridgehead atoms. The van der Waals surface area contributed by atoms with E-state index >= 15 is 0 Å². The maximum Gasteiger partial charge on any atom is 0.307 e. The molecule has 3 aromatic rings. The first-order chi connectivity index (χ1) is 12.6. The van der Waals surface area contributed by atoms with Crippen LogP contribution in [0.25, 0.3) is 0 Å². The number of carbonyl (C=O) groups is 1. The van der Waals surface area contributed by atoms with Crippen molar-refractivity contribution in [2.45, 2.75) is 6.61 Å². The predicted octanol–water partition coefficient (Wildman–Crippen LogP) is 4.93. The maximum atomic E-state index is 12.0. The molecule has 1 amide bonds. The molecule has 0 saturated carbocycles. The van der Waals surface area contributed by atoms with Crippen molar-refractivity contribution < 1.29 is 13.9 Å². The van der Waals surface area contributed by atoms with Gasteiger partial charge in [0.2, 0.25) is 0 Å². The number of carbonyl (C=O) groups excluding carboxylic acids is 1. The first-order valence-corrected chi connectivity index (χ1v) is 8.42. The summed E-state index contributed by atoms with van der Waals surface area (Å²) in [6.45, 7) is 0.226. The van der Waals surface area contributed by atoms with Crippen LogP contribution in [0, 0.1) is 0 Å². The molecular weight excluding hydrogens is 375 g/mol. The van der Waals surface area contributed by atoms with Gasteiger partial charge in [0, 0.05) is 0 Å². The molecule has 0 fully saturated rings. The fourth-order valence-corrected chi connectivity index (χ4v) is 2.37. The monoisotopic (exact) mass is 388 g/mol. The number of furan rings is 1. The molecule has 0 atom stereocenters. The summed E-state index contributed by atoms with van der Waals surface area (Å²) in [5.41, 5.74) is 3.09. The number of nitrogens with one attached hydrogen (secondary N) is 1. The Balaban J connectivity index is 1.54. The Kier molecular flexibility index (Phi) is 5.94. The zero-order chi connectivity index (χ0) is 18.4. The summed E-state index contributed by atoms with van der Waals surface area (Å²) >= 11 is 11.8. The van der Waals surface area contributed by atoms with Crippen molar-refractivity contribution in [3.05, 3.63) is 87.8 Å². The Morgan fingerprint density at radius 1 is 1.08 bits per heavy atom. The van der Waals surface area contributed by atoms with Gasteiger partial charge in [-0.15, -0.1) is 0 Å². The lowest BCUT2D eigenvalue weighted by atomic mass is 10.2. The number of amides is 1. The molecule has 2 aromatic carbocycles. The van der Waals surface area contributed by atoms with Crippen LogP contribution >= 0.6 is 23.2 Å². The summed E-state index contributed by atoms with van der Waals surface area (Å²) in [4.78, 5) is 12.0. The zero-order valence-corrected chi connectivity index (χ0v) is 15.0. The summed E-state index contributed by atoms with van der Waals surface area (Å²) in [5.74, 6) is 0.934. The predicted molar refractivity (Wildman–Crippen MR) is 101 cm³/mol. The van der Waals surface area contributed by atoms with E-state index in [9.17, 15) is 4.79 Å². The number of hydrogen-bond acceptors (Lipinski definition) is 4. The highest BCUT2D eigenvalue weighted by Crippen LogP contribution is 2.21. The summed E-state index contributed by atoms with van der Waals surface area (Å²) in [5, 5.41) is 4.74. The van der Waals surface area contributed by atoms with Crippen LogP contribution in [-0.2, 0) is 6.61 Å². The number of hydrazone groups is 1. The van der Waals surface area contributed by atoms with Crippen LogP contribution in [0.5, 0.6) is 5.75 Å². The molecule has 3 rings (SSSR count). The number of benzene rings is 2.